The molecule has 1 N–H and O–H groups in total. The Balaban J connectivity index is 1.34. The van der Waals surface area contributed by atoms with Crippen molar-refractivity contribution in [2.45, 2.75) is 11.6 Å². The molecule has 4 heterocycles. The van der Waals surface area contributed by atoms with E-state index in [2.05, 4.69) is 25.1 Å². The van der Waals surface area contributed by atoms with Crippen LogP contribution in [0.4, 0.5) is 5.82 Å². The van der Waals surface area contributed by atoms with Crippen LogP contribution in [0.1, 0.15) is 0 Å². The van der Waals surface area contributed by atoms with Gasteiger partial charge in [-0.05, 0) is 19.2 Å². The highest BCUT2D eigenvalue weighted by molar-refractivity contribution is 5.47. The molecule has 0 spiro atoms. The molecule has 9 heteroatoms. The van der Waals surface area contributed by atoms with Crippen LogP contribution in [0.25, 0.3) is 5.65 Å². The minimum Gasteiger partial charge on any atom is -0.384 e. The van der Waals surface area contributed by atoms with Crippen LogP contribution in [0, 0.1) is 0 Å². The van der Waals surface area contributed by atoms with Crippen LogP contribution in [-0.2, 0) is 9.47 Å². The summed E-state index contributed by atoms with van der Waals surface area (Å²) in [4.78, 5) is 4.37. The molecular weight excluding hydrogens is 312 g/mol. The van der Waals surface area contributed by atoms with Crippen molar-refractivity contribution in [2.75, 3.05) is 58.0 Å². The van der Waals surface area contributed by atoms with E-state index in [1.807, 2.05) is 19.2 Å². The molecular formula is C15H22N6O3. The maximum atomic E-state index is 10.6. The Morgan fingerprint density at radius 3 is 2.79 bits per heavy atom. The number of aromatic nitrogens is 4. The van der Waals surface area contributed by atoms with Gasteiger partial charge in [-0.25, -0.2) is 0 Å². The molecule has 9 nitrogen and oxygen atoms in total. The summed E-state index contributed by atoms with van der Waals surface area (Å²) in [7, 11) is 2.03. The Hall–Kier alpha value is -1.81. The number of likely N-dealkylation sites (N-methyl/N-ethyl adjacent to an activating group) is 1. The Morgan fingerprint density at radius 1 is 1.29 bits per heavy atom. The highest BCUT2D eigenvalue weighted by atomic mass is 16.6. The molecule has 0 radical (unpaired) electrons. The number of aliphatic hydroxyl groups is 1. The first-order chi connectivity index (χ1) is 11.6. The van der Waals surface area contributed by atoms with Gasteiger partial charge in [0.05, 0.1) is 26.4 Å². The van der Waals surface area contributed by atoms with Crippen molar-refractivity contribution in [3.05, 3.63) is 18.5 Å². The van der Waals surface area contributed by atoms with Crippen molar-refractivity contribution in [3.63, 3.8) is 0 Å². The van der Waals surface area contributed by atoms with Crippen molar-refractivity contribution in [1.82, 2.24) is 24.7 Å². The van der Waals surface area contributed by atoms with Gasteiger partial charge in [0.25, 0.3) is 0 Å². The van der Waals surface area contributed by atoms with E-state index in [-0.39, 0.29) is 0 Å². The van der Waals surface area contributed by atoms with E-state index in [0.717, 1.165) is 24.6 Å². The minimum atomic E-state index is -0.939. The summed E-state index contributed by atoms with van der Waals surface area (Å²) < 4.78 is 12.5. The monoisotopic (exact) mass is 334 g/mol. The second-order valence-electron chi connectivity index (χ2n) is 6.63. The van der Waals surface area contributed by atoms with Gasteiger partial charge in [0.15, 0.2) is 5.65 Å². The summed E-state index contributed by atoms with van der Waals surface area (Å²) in [5, 5.41) is 22.9. The Kier molecular flexibility index (Phi) is 4.09. The molecule has 2 aromatic heterocycles. The second-order valence-corrected chi connectivity index (χ2v) is 6.63. The zero-order valence-electron chi connectivity index (χ0n) is 13.7. The zero-order chi connectivity index (χ0) is 16.6. The maximum absolute atomic E-state index is 10.6. The van der Waals surface area contributed by atoms with Crippen molar-refractivity contribution >= 4 is 11.5 Å². The summed E-state index contributed by atoms with van der Waals surface area (Å²) in [6.07, 6.45) is 1.60. The number of hydrogen-bond donors (Lipinski definition) is 1. The number of ether oxygens (including phenoxy) is 2. The molecule has 2 aliphatic rings. The smallest absolute Gasteiger partial charge is 0.177 e. The van der Waals surface area contributed by atoms with Crippen LogP contribution < -0.4 is 4.90 Å². The fourth-order valence-electron chi connectivity index (χ4n) is 3.18. The first kappa shape index (κ1) is 15.7. The highest BCUT2D eigenvalue weighted by Gasteiger charge is 2.37. The summed E-state index contributed by atoms with van der Waals surface area (Å²) in [6, 6.07) is 4.24. The number of anilines is 1. The van der Waals surface area contributed by atoms with E-state index in [9.17, 15) is 5.11 Å². The molecule has 0 atom stereocenters. The summed E-state index contributed by atoms with van der Waals surface area (Å²) in [5.41, 5.74) is -0.200. The summed E-state index contributed by atoms with van der Waals surface area (Å²) >= 11 is 0. The van der Waals surface area contributed by atoms with E-state index in [1.165, 1.54) is 0 Å². The number of hydrogen-bond acceptors (Lipinski definition) is 8. The van der Waals surface area contributed by atoms with Crippen LogP contribution in [0.2, 0.25) is 0 Å². The van der Waals surface area contributed by atoms with Crippen LogP contribution in [-0.4, -0.2) is 94.6 Å². The largest absolute Gasteiger partial charge is 0.384 e. The molecule has 2 aromatic rings. The first-order valence-corrected chi connectivity index (χ1v) is 8.13. The highest BCUT2D eigenvalue weighted by Crippen LogP contribution is 2.23. The normalized spacial score (nSPS) is 21.9. The fraction of sp³-hybridized carbons (Fsp3) is 0.667. The van der Waals surface area contributed by atoms with Gasteiger partial charge in [0.1, 0.15) is 17.7 Å². The molecule has 2 saturated heterocycles. The van der Waals surface area contributed by atoms with E-state index < -0.39 is 5.60 Å². The summed E-state index contributed by atoms with van der Waals surface area (Å²) in [5.74, 6) is 0.909. The molecule has 0 amide bonds. The summed E-state index contributed by atoms with van der Waals surface area (Å²) in [6.45, 7) is 3.99. The third-order valence-corrected chi connectivity index (χ3v) is 4.61. The van der Waals surface area contributed by atoms with Gasteiger partial charge in [0.2, 0.25) is 0 Å². The molecule has 0 aromatic carbocycles. The predicted octanol–water partition coefficient (Wildman–Crippen LogP) is -0.977. The van der Waals surface area contributed by atoms with Gasteiger partial charge >= 0.3 is 0 Å². The quantitative estimate of drug-likeness (QED) is 0.764. The fourth-order valence-corrected chi connectivity index (χ4v) is 3.18. The van der Waals surface area contributed by atoms with Gasteiger partial charge in [-0.3, -0.25) is 4.90 Å². The van der Waals surface area contributed by atoms with E-state index in [4.69, 9.17) is 9.47 Å². The molecule has 0 bridgehead atoms. The van der Waals surface area contributed by atoms with E-state index in [0.29, 0.717) is 39.0 Å². The minimum absolute atomic E-state index is 0.319. The molecule has 2 aliphatic heterocycles. The van der Waals surface area contributed by atoms with Gasteiger partial charge in [-0.15, -0.1) is 15.3 Å². The van der Waals surface area contributed by atoms with Gasteiger partial charge in [0, 0.05) is 25.7 Å². The SMILES string of the molecule is CN(CC1(O)COCCOC1)C1CN(c2ccc3nncn3n2)C1. The van der Waals surface area contributed by atoms with Crippen molar-refractivity contribution in [3.8, 4) is 0 Å². The molecule has 0 unspecified atom stereocenters. The third kappa shape index (κ3) is 3.07. The topological polar surface area (TPSA) is 88.3 Å². The van der Waals surface area contributed by atoms with E-state index in [1.54, 1.807) is 10.8 Å². The van der Waals surface area contributed by atoms with Crippen molar-refractivity contribution in [2.24, 2.45) is 0 Å². The van der Waals surface area contributed by atoms with Crippen molar-refractivity contribution < 1.29 is 14.6 Å². The van der Waals surface area contributed by atoms with Gasteiger partial charge < -0.3 is 19.5 Å². The lowest BCUT2D eigenvalue weighted by molar-refractivity contribution is -0.0773. The molecule has 0 saturated carbocycles. The van der Waals surface area contributed by atoms with Crippen LogP contribution >= 0.6 is 0 Å². The molecule has 4 rings (SSSR count). The van der Waals surface area contributed by atoms with Crippen LogP contribution in [0.3, 0.4) is 0 Å². The standard InChI is InChI=1S/C15H22N6O3/c1-19(8-15(22)9-23-4-5-24-10-15)12-6-20(7-12)14-3-2-13-17-16-11-21(13)18-14/h2-3,11-12,22H,4-10H2,1H3. The molecule has 130 valence electrons. The Morgan fingerprint density at radius 2 is 2.04 bits per heavy atom. The first-order valence-electron chi connectivity index (χ1n) is 8.13. The van der Waals surface area contributed by atoms with Crippen molar-refractivity contribution in [1.29, 1.82) is 0 Å². The molecule has 2 fully saturated rings. The number of fused-ring (bicyclic) bond motifs is 1. The Bertz CT molecular complexity index is 693. The molecule has 24 heavy (non-hydrogen) atoms. The zero-order valence-corrected chi connectivity index (χ0v) is 13.7. The number of nitrogens with zero attached hydrogens (tertiary/aromatic N) is 6. The van der Waals surface area contributed by atoms with Crippen LogP contribution in [0.5, 0.6) is 0 Å². The van der Waals surface area contributed by atoms with Crippen LogP contribution in [0.15, 0.2) is 18.5 Å². The van der Waals surface area contributed by atoms with Gasteiger partial charge in [-0.1, -0.05) is 0 Å². The average Bonchev–Trinajstić information content (AvgIpc) is 2.87. The molecule has 0 aliphatic carbocycles. The lowest BCUT2D eigenvalue weighted by atomic mass is 10.0. The maximum Gasteiger partial charge on any atom is 0.177 e. The average molecular weight is 334 g/mol. The lowest BCUT2D eigenvalue weighted by Gasteiger charge is -2.46. The number of rotatable bonds is 4. The lowest BCUT2D eigenvalue weighted by Crippen LogP contribution is -2.62. The Labute approximate surface area is 139 Å². The predicted molar refractivity (Wildman–Crippen MR) is 86.0 cm³/mol. The van der Waals surface area contributed by atoms with E-state index >= 15 is 0 Å². The third-order valence-electron chi connectivity index (χ3n) is 4.61. The second kappa shape index (κ2) is 6.25. The van der Waals surface area contributed by atoms with Gasteiger partial charge in [-0.2, -0.15) is 4.52 Å².